The first-order valence-corrected chi connectivity index (χ1v) is 5.89. The smallest absolute Gasteiger partial charge is 0.340 e. The van der Waals surface area contributed by atoms with Gasteiger partial charge in [0.15, 0.2) is 0 Å². The minimum absolute atomic E-state index is 0.311. The molecule has 5 heteroatoms. The van der Waals surface area contributed by atoms with Crippen LogP contribution in [0.2, 0.25) is 0 Å². The lowest BCUT2D eigenvalue weighted by Crippen LogP contribution is -2.07. The Morgan fingerprint density at radius 3 is 2.55 bits per heavy atom. The number of carbonyl (C=O) groups excluding carboxylic acids is 1. The number of nitrogens with one attached hydrogen (secondary N) is 1. The van der Waals surface area contributed by atoms with Crippen molar-refractivity contribution in [2.45, 2.75) is 0 Å². The van der Waals surface area contributed by atoms with Crippen LogP contribution in [0.3, 0.4) is 0 Å². The van der Waals surface area contributed by atoms with Crippen molar-refractivity contribution < 1.29 is 9.53 Å². The summed E-state index contributed by atoms with van der Waals surface area (Å²) in [5, 5.41) is 11.8. The van der Waals surface area contributed by atoms with E-state index in [1.807, 2.05) is 6.07 Å². The molecule has 0 saturated carbocycles. The number of para-hydroxylation sites is 1. The Hall–Kier alpha value is -3.00. The van der Waals surface area contributed by atoms with Crippen LogP contribution in [0.4, 0.5) is 17.1 Å². The van der Waals surface area contributed by atoms with Crippen LogP contribution in [0, 0.1) is 11.3 Å². The number of benzene rings is 2. The normalized spacial score (nSPS) is 9.60. The molecule has 0 saturated heterocycles. The maximum absolute atomic E-state index is 11.6. The van der Waals surface area contributed by atoms with Crippen molar-refractivity contribution in [3.63, 3.8) is 0 Å². The zero-order valence-electron chi connectivity index (χ0n) is 10.9. The van der Waals surface area contributed by atoms with Crippen LogP contribution in [-0.4, -0.2) is 13.1 Å². The van der Waals surface area contributed by atoms with Crippen molar-refractivity contribution in [2.75, 3.05) is 18.2 Å². The number of nitrogen functional groups attached to an aromatic ring is 1. The van der Waals surface area contributed by atoms with E-state index < -0.39 is 5.97 Å². The molecule has 3 N–H and O–H groups in total. The number of nitriles is 1. The fourth-order valence-corrected chi connectivity index (χ4v) is 1.75. The Bertz CT molecular complexity index is 673. The molecular weight excluding hydrogens is 254 g/mol. The monoisotopic (exact) mass is 267 g/mol. The fourth-order valence-electron chi connectivity index (χ4n) is 1.75. The highest BCUT2D eigenvalue weighted by Gasteiger charge is 2.12. The number of hydrogen-bond donors (Lipinski definition) is 2. The molecule has 0 aromatic heterocycles. The van der Waals surface area contributed by atoms with Gasteiger partial charge in [-0.1, -0.05) is 6.07 Å². The summed E-state index contributed by atoms with van der Waals surface area (Å²) in [5.41, 5.74) is 8.54. The van der Waals surface area contributed by atoms with Crippen LogP contribution >= 0.6 is 0 Å². The van der Waals surface area contributed by atoms with E-state index in [9.17, 15) is 4.79 Å². The number of rotatable bonds is 3. The molecule has 0 fully saturated rings. The van der Waals surface area contributed by atoms with Crippen LogP contribution in [0.15, 0.2) is 42.5 Å². The van der Waals surface area contributed by atoms with Gasteiger partial charge in [-0.05, 0) is 36.4 Å². The highest BCUT2D eigenvalue weighted by molar-refractivity contribution is 5.98. The lowest BCUT2D eigenvalue weighted by Gasteiger charge is -2.12. The third kappa shape index (κ3) is 2.70. The van der Waals surface area contributed by atoms with Gasteiger partial charge in [-0.15, -0.1) is 0 Å². The van der Waals surface area contributed by atoms with E-state index in [-0.39, 0.29) is 0 Å². The summed E-state index contributed by atoms with van der Waals surface area (Å²) in [6.07, 6.45) is 0. The van der Waals surface area contributed by atoms with Gasteiger partial charge in [0.1, 0.15) is 0 Å². The number of hydrogen-bond acceptors (Lipinski definition) is 5. The Morgan fingerprint density at radius 1 is 1.25 bits per heavy atom. The first-order chi connectivity index (χ1) is 9.65. The molecule has 5 nitrogen and oxygen atoms in total. The topological polar surface area (TPSA) is 88.1 Å². The molecule has 2 aromatic carbocycles. The van der Waals surface area contributed by atoms with Gasteiger partial charge in [-0.2, -0.15) is 5.26 Å². The molecule has 20 heavy (non-hydrogen) atoms. The summed E-state index contributed by atoms with van der Waals surface area (Å²) in [6, 6.07) is 14.1. The Morgan fingerprint density at radius 2 is 1.95 bits per heavy atom. The molecule has 0 aliphatic heterocycles. The van der Waals surface area contributed by atoms with E-state index >= 15 is 0 Å². The van der Waals surface area contributed by atoms with Crippen molar-refractivity contribution in [1.82, 2.24) is 0 Å². The van der Waals surface area contributed by atoms with Gasteiger partial charge in [0.05, 0.1) is 35.7 Å². The number of ether oxygens (including phenoxy) is 1. The zero-order valence-corrected chi connectivity index (χ0v) is 10.9. The third-order valence-electron chi connectivity index (χ3n) is 2.80. The lowest BCUT2D eigenvalue weighted by atomic mass is 10.1. The van der Waals surface area contributed by atoms with Crippen molar-refractivity contribution >= 4 is 23.0 Å². The van der Waals surface area contributed by atoms with Crippen molar-refractivity contribution in [1.29, 1.82) is 5.26 Å². The molecule has 0 spiro atoms. The van der Waals surface area contributed by atoms with Gasteiger partial charge in [-0.25, -0.2) is 4.79 Å². The molecule has 0 heterocycles. The molecule has 2 aromatic rings. The average molecular weight is 267 g/mol. The van der Waals surface area contributed by atoms with Crippen LogP contribution in [0.5, 0.6) is 0 Å². The quantitative estimate of drug-likeness (QED) is 0.659. The van der Waals surface area contributed by atoms with Crippen molar-refractivity contribution in [3.8, 4) is 6.07 Å². The van der Waals surface area contributed by atoms with Crippen LogP contribution < -0.4 is 11.1 Å². The minimum atomic E-state index is -0.481. The molecule has 0 amide bonds. The second-order valence-corrected chi connectivity index (χ2v) is 4.07. The maximum atomic E-state index is 11.6. The average Bonchev–Trinajstić information content (AvgIpc) is 2.49. The standard InChI is InChI=1S/C15H13N3O2/c1-20-15(19)12-3-2-4-13(14(12)17)18-11-7-5-10(9-16)6-8-11/h2-8,18H,17H2,1H3. The largest absolute Gasteiger partial charge is 0.465 e. The number of esters is 1. The van der Waals surface area contributed by atoms with Crippen LogP contribution in [0.25, 0.3) is 0 Å². The lowest BCUT2D eigenvalue weighted by molar-refractivity contribution is 0.0602. The number of anilines is 3. The molecular formula is C15H13N3O2. The van der Waals surface area contributed by atoms with E-state index in [0.29, 0.717) is 22.5 Å². The highest BCUT2D eigenvalue weighted by Crippen LogP contribution is 2.26. The third-order valence-corrected chi connectivity index (χ3v) is 2.80. The first-order valence-electron chi connectivity index (χ1n) is 5.89. The Balaban J connectivity index is 2.29. The SMILES string of the molecule is COC(=O)c1cccc(Nc2ccc(C#N)cc2)c1N. The van der Waals surface area contributed by atoms with Gasteiger partial charge < -0.3 is 15.8 Å². The summed E-state index contributed by atoms with van der Waals surface area (Å²) < 4.78 is 4.67. The van der Waals surface area contributed by atoms with Gasteiger partial charge in [0.2, 0.25) is 0 Å². The second-order valence-electron chi connectivity index (χ2n) is 4.07. The number of nitrogens with two attached hydrogens (primary N) is 1. The van der Waals surface area contributed by atoms with Gasteiger partial charge in [-0.3, -0.25) is 0 Å². The summed E-state index contributed by atoms with van der Waals surface area (Å²) >= 11 is 0. The van der Waals surface area contributed by atoms with Crippen LogP contribution in [0.1, 0.15) is 15.9 Å². The number of methoxy groups -OCH3 is 1. The molecule has 0 aliphatic carbocycles. The molecule has 0 radical (unpaired) electrons. The number of nitrogens with zero attached hydrogens (tertiary/aromatic N) is 1. The van der Waals surface area contributed by atoms with E-state index in [4.69, 9.17) is 11.0 Å². The summed E-state index contributed by atoms with van der Waals surface area (Å²) in [6.45, 7) is 0. The van der Waals surface area contributed by atoms with Crippen LogP contribution in [-0.2, 0) is 4.74 Å². The zero-order chi connectivity index (χ0) is 14.5. The van der Waals surface area contributed by atoms with Gasteiger partial charge >= 0.3 is 5.97 Å². The predicted octanol–water partition coefficient (Wildman–Crippen LogP) is 2.67. The maximum Gasteiger partial charge on any atom is 0.340 e. The molecule has 100 valence electrons. The minimum Gasteiger partial charge on any atom is -0.465 e. The van der Waals surface area contributed by atoms with Gasteiger partial charge in [0.25, 0.3) is 0 Å². The summed E-state index contributed by atoms with van der Waals surface area (Å²) in [5.74, 6) is -0.481. The van der Waals surface area contributed by atoms with E-state index in [2.05, 4.69) is 10.1 Å². The Kier molecular flexibility index (Phi) is 3.87. The van der Waals surface area contributed by atoms with E-state index in [1.165, 1.54) is 7.11 Å². The fraction of sp³-hybridized carbons (Fsp3) is 0.0667. The number of carbonyl (C=O) groups is 1. The molecule has 0 atom stereocenters. The predicted molar refractivity (Wildman–Crippen MR) is 76.6 cm³/mol. The first kappa shape index (κ1) is 13.4. The molecule has 0 aliphatic rings. The molecule has 0 unspecified atom stereocenters. The Labute approximate surface area is 116 Å². The van der Waals surface area contributed by atoms with E-state index in [1.54, 1.807) is 42.5 Å². The second kappa shape index (κ2) is 5.76. The highest BCUT2D eigenvalue weighted by atomic mass is 16.5. The summed E-state index contributed by atoms with van der Waals surface area (Å²) in [4.78, 5) is 11.6. The van der Waals surface area contributed by atoms with Gasteiger partial charge in [0, 0.05) is 5.69 Å². The van der Waals surface area contributed by atoms with E-state index in [0.717, 1.165) is 5.69 Å². The van der Waals surface area contributed by atoms with Crippen molar-refractivity contribution in [2.24, 2.45) is 0 Å². The van der Waals surface area contributed by atoms with Crippen molar-refractivity contribution in [3.05, 3.63) is 53.6 Å². The summed E-state index contributed by atoms with van der Waals surface area (Å²) in [7, 11) is 1.31. The molecule has 0 bridgehead atoms. The molecule has 2 rings (SSSR count).